The van der Waals surface area contributed by atoms with Gasteiger partial charge in [-0.1, -0.05) is 37.0 Å². The molecule has 0 amide bonds. The molecule has 0 fully saturated rings. The van der Waals surface area contributed by atoms with Crippen molar-refractivity contribution in [3.8, 4) is 0 Å². The van der Waals surface area contributed by atoms with Crippen LogP contribution in [0.3, 0.4) is 0 Å². The standard InChI is InChI=1S/C13H19Cl2NO.ClH/c1-8(2)3-4-12(17)13(16)9-5-10(14)7-11(15)6-9;/h5-8,12-13,17H,3-4,16H2,1-2H3;1H/t12-,13+;/m0./s1. The van der Waals surface area contributed by atoms with Crippen molar-refractivity contribution in [3.05, 3.63) is 33.8 Å². The van der Waals surface area contributed by atoms with Crippen molar-refractivity contribution in [2.45, 2.75) is 38.8 Å². The minimum Gasteiger partial charge on any atom is -0.391 e. The van der Waals surface area contributed by atoms with Crippen molar-refractivity contribution >= 4 is 35.6 Å². The molecule has 0 heterocycles. The lowest BCUT2D eigenvalue weighted by atomic mass is 9.96. The summed E-state index contributed by atoms with van der Waals surface area (Å²) in [6, 6.07) is 4.71. The normalized spacial score (nSPS) is 14.2. The van der Waals surface area contributed by atoms with Crippen molar-refractivity contribution in [1.82, 2.24) is 0 Å². The molecule has 1 aromatic carbocycles. The molecule has 0 saturated heterocycles. The van der Waals surface area contributed by atoms with Crippen molar-refractivity contribution in [2.24, 2.45) is 11.7 Å². The van der Waals surface area contributed by atoms with E-state index in [0.717, 1.165) is 12.0 Å². The Morgan fingerprint density at radius 2 is 1.61 bits per heavy atom. The first kappa shape index (κ1) is 18.0. The lowest BCUT2D eigenvalue weighted by molar-refractivity contribution is 0.128. The van der Waals surface area contributed by atoms with Crippen molar-refractivity contribution in [3.63, 3.8) is 0 Å². The first-order chi connectivity index (χ1) is 7.90. The predicted molar refractivity (Wildman–Crippen MR) is 80.7 cm³/mol. The van der Waals surface area contributed by atoms with Crippen molar-refractivity contribution < 1.29 is 5.11 Å². The van der Waals surface area contributed by atoms with Crippen LogP contribution < -0.4 is 5.73 Å². The number of hydrogen-bond donors (Lipinski definition) is 2. The van der Waals surface area contributed by atoms with Crippen LogP contribution in [0.4, 0.5) is 0 Å². The molecule has 2 nitrogen and oxygen atoms in total. The molecule has 0 aromatic heterocycles. The number of halogens is 3. The average molecular weight is 313 g/mol. The van der Waals surface area contributed by atoms with Gasteiger partial charge in [0.05, 0.1) is 12.1 Å². The maximum atomic E-state index is 9.99. The monoisotopic (exact) mass is 311 g/mol. The summed E-state index contributed by atoms with van der Waals surface area (Å²) in [7, 11) is 0. The zero-order valence-electron chi connectivity index (χ0n) is 10.6. The lowest BCUT2D eigenvalue weighted by Crippen LogP contribution is -2.26. The molecular weight excluding hydrogens is 293 g/mol. The number of nitrogens with two attached hydrogens (primary N) is 1. The molecule has 18 heavy (non-hydrogen) atoms. The van der Waals surface area contributed by atoms with Gasteiger partial charge in [0.25, 0.3) is 0 Å². The van der Waals surface area contributed by atoms with E-state index < -0.39 is 12.1 Å². The lowest BCUT2D eigenvalue weighted by Gasteiger charge is -2.20. The first-order valence-corrected chi connectivity index (χ1v) is 6.55. The summed E-state index contributed by atoms with van der Waals surface area (Å²) >= 11 is 11.8. The molecule has 0 saturated carbocycles. The molecular formula is C13H20Cl3NO. The molecule has 0 aliphatic heterocycles. The van der Waals surface area contributed by atoms with E-state index in [2.05, 4.69) is 13.8 Å². The summed E-state index contributed by atoms with van der Waals surface area (Å²) in [4.78, 5) is 0. The molecule has 2 atom stereocenters. The summed E-state index contributed by atoms with van der Waals surface area (Å²) in [6.07, 6.45) is 1.07. The van der Waals surface area contributed by atoms with Crippen LogP contribution in [0, 0.1) is 5.92 Å². The highest BCUT2D eigenvalue weighted by molar-refractivity contribution is 6.34. The second kappa shape index (κ2) is 8.23. The van der Waals surface area contributed by atoms with Gasteiger partial charge in [-0.2, -0.15) is 0 Å². The number of aliphatic hydroxyl groups is 1. The van der Waals surface area contributed by atoms with Gasteiger partial charge in [0.1, 0.15) is 0 Å². The van der Waals surface area contributed by atoms with Gasteiger partial charge < -0.3 is 10.8 Å². The SMILES string of the molecule is CC(C)CC[C@H](O)[C@H](N)c1cc(Cl)cc(Cl)c1.Cl. The second-order valence-electron chi connectivity index (χ2n) is 4.77. The molecule has 0 spiro atoms. The zero-order valence-corrected chi connectivity index (χ0v) is 12.9. The van der Waals surface area contributed by atoms with Crippen LogP contribution in [-0.4, -0.2) is 11.2 Å². The van der Waals surface area contributed by atoms with Gasteiger partial charge in [-0.25, -0.2) is 0 Å². The number of aliphatic hydroxyl groups excluding tert-OH is 1. The van der Waals surface area contributed by atoms with Crippen LogP contribution in [0.2, 0.25) is 10.0 Å². The van der Waals surface area contributed by atoms with Gasteiger partial charge >= 0.3 is 0 Å². The van der Waals surface area contributed by atoms with Crippen LogP contribution in [0.15, 0.2) is 18.2 Å². The van der Waals surface area contributed by atoms with Gasteiger partial charge in [-0.3, -0.25) is 0 Å². The highest BCUT2D eigenvalue weighted by atomic mass is 35.5. The fourth-order valence-electron chi connectivity index (χ4n) is 1.67. The van der Waals surface area contributed by atoms with Crippen LogP contribution in [0.5, 0.6) is 0 Å². The Morgan fingerprint density at radius 3 is 2.06 bits per heavy atom. The fourth-order valence-corrected chi connectivity index (χ4v) is 2.22. The first-order valence-electron chi connectivity index (χ1n) is 5.79. The fraction of sp³-hybridized carbons (Fsp3) is 0.538. The highest BCUT2D eigenvalue weighted by Crippen LogP contribution is 2.25. The molecule has 5 heteroatoms. The van der Waals surface area contributed by atoms with Gasteiger partial charge in [0.15, 0.2) is 0 Å². The largest absolute Gasteiger partial charge is 0.391 e. The summed E-state index contributed by atoms with van der Waals surface area (Å²) in [6.45, 7) is 4.24. The quantitative estimate of drug-likeness (QED) is 0.855. The second-order valence-corrected chi connectivity index (χ2v) is 5.64. The molecule has 1 rings (SSSR count). The molecule has 0 aliphatic carbocycles. The summed E-state index contributed by atoms with van der Waals surface area (Å²) < 4.78 is 0. The summed E-state index contributed by atoms with van der Waals surface area (Å²) in [5, 5.41) is 11.1. The minimum atomic E-state index is -0.563. The smallest absolute Gasteiger partial charge is 0.0732 e. The molecule has 104 valence electrons. The van der Waals surface area contributed by atoms with E-state index in [-0.39, 0.29) is 12.4 Å². The Balaban J connectivity index is 0.00000289. The Hall–Kier alpha value is 0.01000. The van der Waals surface area contributed by atoms with E-state index in [4.69, 9.17) is 28.9 Å². The molecule has 1 aromatic rings. The van der Waals surface area contributed by atoms with E-state index in [1.807, 2.05) is 0 Å². The van der Waals surface area contributed by atoms with E-state index in [0.29, 0.717) is 22.4 Å². The van der Waals surface area contributed by atoms with E-state index in [1.54, 1.807) is 18.2 Å². The molecule has 3 N–H and O–H groups in total. The number of hydrogen-bond acceptors (Lipinski definition) is 2. The molecule has 0 aliphatic rings. The maximum absolute atomic E-state index is 9.99. The topological polar surface area (TPSA) is 46.2 Å². The highest BCUT2D eigenvalue weighted by Gasteiger charge is 2.17. The number of rotatable bonds is 5. The van der Waals surface area contributed by atoms with Crippen LogP contribution in [-0.2, 0) is 0 Å². The minimum absolute atomic E-state index is 0. The number of benzene rings is 1. The van der Waals surface area contributed by atoms with Gasteiger partial charge in [-0.05, 0) is 42.5 Å². The molecule has 0 bridgehead atoms. The third kappa shape index (κ3) is 5.77. The van der Waals surface area contributed by atoms with Gasteiger partial charge in [-0.15, -0.1) is 12.4 Å². The van der Waals surface area contributed by atoms with Crippen LogP contribution in [0.25, 0.3) is 0 Å². The zero-order chi connectivity index (χ0) is 13.0. The van der Waals surface area contributed by atoms with Crippen molar-refractivity contribution in [2.75, 3.05) is 0 Å². The molecule has 0 radical (unpaired) electrons. The molecule has 0 unspecified atom stereocenters. The van der Waals surface area contributed by atoms with E-state index in [9.17, 15) is 5.11 Å². The van der Waals surface area contributed by atoms with Gasteiger partial charge in [0, 0.05) is 10.0 Å². The van der Waals surface area contributed by atoms with Crippen LogP contribution in [0.1, 0.15) is 38.3 Å². The Morgan fingerprint density at radius 1 is 1.11 bits per heavy atom. The summed E-state index contributed by atoms with van der Waals surface area (Å²) in [5.74, 6) is 0.555. The van der Waals surface area contributed by atoms with Crippen molar-refractivity contribution in [1.29, 1.82) is 0 Å². The third-order valence-corrected chi connectivity index (χ3v) is 3.16. The van der Waals surface area contributed by atoms with E-state index >= 15 is 0 Å². The Bertz CT molecular complexity index is 351. The van der Waals surface area contributed by atoms with Crippen LogP contribution >= 0.6 is 35.6 Å². The Kier molecular flexibility index (Phi) is 8.24. The Labute approximate surface area is 125 Å². The summed E-state index contributed by atoms with van der Waals surface area (Å²) in [5.41, 5.74) is 6.77. The van der Waals surface area contributed by atoms with E-state index in [1.165, 1.54) is 0 Å². The third-order valence-electron chi connectivity index (χ3n) is 2.72. The predicted octanol–water partition coefficient (Wildman–Crippen LogP) is 4.21. The van der Waals surface area contributed by atoms with Gasteiger partial charge in [0.2, 0.25) is 0 Å². The average Bonchev–Trinajstić information content (AvgIpc) is 2.23. The maximum Gasteiger partial charge on any atom is 0.0732 e.